The number of nitrogens with zero attached hydrogens (tertiary/aromatic N) is 1. The van der Waals surface area contributed by atoms with Gasteiger partial charge in [-0.25, -0.2) is 0 Å². The minimum Gasteiger partial charge on any atom is -0.336 e. The molecule has 2 heterocycles. The van der Waals surface area contributed by atoms with Crippen LogP contribution in [0.1, 0.15) is 25.6 Å². The number of piperazine rings is 1. The van der Waals surface area contributed by atoms with Crippen molar-refractivity contribution in [3.63, 3.8) is 0 Å². The zero-order chi connectivity index (χ0) is 13.1. The summed E-state index contributed by atoms with van der Waals surface area (Å²) in [6.07, 6.45) is 0.549. The molecule has 18 heavy (non-hydrogen) atoms. The highest BCUT2D eigenvalue weighted by molar-refractivity contribution is 7.10. The molecule has 0 saturated carbocycles. The molecule has 2 rings (SSSR count). The van der Waals surface area contributed by atoms with E-state index in [4.69, 9.17) is 0 Å². The van der Waals surface area contributed by atoms with Crippen molar-refractivity contribution < 1.29 is 4.79 Å². The first-order valence-corrected chi connectivity index (χ1v) is 7.51. The van der Waals surface area contributed by atoms with Crippen LogP contribution in [0.5, 0.6) is 0 Å². The van der Waals surface area contributed by atoms with Gasteiger partial charge < -0.3 is 10.2 Å². The van der Waals surface area contributed by atoms with Gasteiger partial charge >= 0.3 is 0 Å². The number of rotatable bonds is 3. The second-order valence-corrected chi connectivity index (χ2v) is 6.46. The van der Waals surface area contributed by atoms with Crippen LogP contribution < -0.4 is 5.32 Å². The van der Waals surface area contributed by atoms with E-state index in [-0.39, 0.29) is 5.91 Å². The summed E-state index contributed by atoms with van der Waals surface area (Å²) in [5, 5.41) is 5.50. The molecule has 0 bridgehead atoms. The Morgan fingerprint density at radius 2 is 2.39 bits per heavy atom. The van der Waals surface area contributed by atoms with Crippen molar-refractivity contribution in [2.75, 3.05) is 13.1 Å². The maximum absolute atomic E-state index is 12.4. The molecule has 1 aliphatic rings. The number of amides is 1. The Kier molecular flexibility index (Phi) is 4.40. The lowest BCUT2D eigenvalue weighted by atomic mass is 9.98. The molecule has 2 unspecified atom stereocenters. The van der Waals surface area contributed by atoms with Crippen molar-refractivity contribution in [2.24, 2.45) is 5.92 Å². The Morgan fingerprint density at radius 3 is 3.00 bits per heavy atom. The van der Waals surface area contributed by atoms with E-state index in [0.717, 1.165) is 18.0 Å². The maximum Gasteiger partial charge on any atom is 0.228 e. The van der Waals surface area contributed by atoms with E-state index in [1.54, 1.807) is 11.3 Å². The smallest absolute Gasteiger partial charge is 0.228 e. The van der Waals surface area contributed by atoms with Gasteiger partial charge in [0, 0.05) is 30.1 Å². The van der Waals surface area contributed by atoms with Crippen LogP contribution in [0, 0.1) is 5.92 Å². The zero-order valence-electron chi connectivity index (χ0n) is 11.3. The summed E-state index contributed by atoms with van der Waals surface area (Å²) >= 11 is 1.66. The minimum absolute atomic E-state index is 0.268. The molecule has 1 N–H and O–H groups in total. The molecule has 1 amide bonds. The van der Waals surface area contributed by atoms with Crippen LogP contribution in [-0.4, -0.2) is 36.0 Å². The Labute approximate surface area is 113 Å². The van der Waals surface area contributed by atoms with Gasteiger partial charge in [-0.15, -0.1) is 11.3 Å². The fourth-order valence-corrected chi connectivity index (χ4v) is 3.17. The molecule has 0 aromatic carbocycles. The number of nitrogens with one attached hydrogen (secondary N) is 1. The highest BCUT2D eigenvalue weighted by Crippen LogP contribution is 2.18. The molecule has 1 aromatic heterocycles. The van der Waals surface area contributed by atoms with Gasteiger partial charge in [-0.05, 0) is 24.3 Å². The topological polar surface area (TPSA) is 32.3 Å². The van der Waals surface area contributed by atoms with Crippen molar-refractivity contribution in [2.45, 2.75) is 39.3 Å². The lowest BCUT2D eigenvalue weighted by molar-refractivity contribution is -0.135. The second-order valence-electron chi connectivity index (χ2n) is 5.42. The lowest BCUT2D eigenvalue weighted by Crippen LogP contribution is -2.59. The molecule has 3 nitrogen and oxygen atoms in total. The molecule has 1 saturated heterocycles. The summed E-state index contributed by atoms with van der Waals surface area (Å²) in [6.45, 7) is 8.26. The lowest BCUT2D eigenvalue weighted by Gasteiger charge is -2.41. The van der Waals surface area contributed by atoms with E-state index >= 15 is 0 Å². The number of hydrogen-bond acceptors (Lipinski definition) is 3. The van der Waals surface area contributed by atoms with Crippen LogP contribution in [0.4, 0.5) is 0 Å². The highest BCUT2D eigenvalue weighted by atomic mass is 32.1. The summed E-state index contributed by atoms with van der Waals surface area (Å²) < 4.78 is 0. The summed E-state index contributed by atoms with van der Waals surface area (Å²) in [6, 6.07) is 4.77. The first-order valence-electron chi connectivity index (χ1n) is 6.63. The third-order valence-electron chi connectivity index (χ3n) is 3.54. The normalized spacial score (nSPS) is 24.6. The van der Waals surface area contributed by atoms with E-state index in [2.05, 4.69) is 31.0 Å². The van der Waals surface area contributed by atoms with Gasteiger partial charge in [-0.3, -0.25) is 4.79 Å². The van der Waals surface area contributed by atoms with Crippen molar-refractivity contribution >= 4 is 17.2 Å². The zero-order valence-corrected chi connectivity index (χ0v) is 12.2. The average molecular weight is 266 g/mol. The summed E-state index contributed by atoms with van der Waals surface area (Å²) in [5.41, 5.74) is 0. The predicted octanol–water partition coefficient (Wildman–Crippen LogP) is 2.14. The van der Waals surface area contributed by atoms with Crippen molar-refractivity contribution in [3.05, 3.63) is 22.4 Å². The SMILES string of the molecule is CC1CN(C(=O)Cc2cccs2)C(C(C)C)CN1. The molecule has 0 aliphatic carbocycles. The van der Waals surface area contributed by atoms with Gasteiger partial charge in [0.2, 0.25) is 5.91 Å². The summed E-state index contributed by atoms with van der Waals surface area (Å²) in [5.74, 6) is 0.766. The van der Waals surface area contributed by atoms with Crippen LogP contribution in [-0.2, 0) is 11.2 Å². The Morgan fingerprint density at radius 1 is 1.61 bits per heavy atom. The van der Waals surface area contributed by atoms with Crippen molar-refractivity contribution in [1.29, 1.82) is 0 Å². The number of carbonyl (C=O) groups excluding carboxylic acids is 1. The largest absolute Gasteiger partial charge is 0.336 e. The monoisotopic (exact) mass is 266 g/mol. The van der Waals surface area contributed by atoms with Crippen LogP contribution in [0.3, 0.4) is 0 Å². The van der Waals surface area contributed by atoms with E-state index < -0.39 is 0 Å². The van der Waals surface area contributed by atoms with Crippen LogP contribution >= 0.6 is 11.3 Å². The highest BCUT2D eigenvalue weighted by Gasteiger charge is 2.31. The minimum atomic E-state index is 0.268. The van der Waals surface area contributed by atoms with Crippen molar-refractivity contribution in [1.82, 2.24) is 10.2 Å². The van der Waals surface area contributed by atoms with Crippen molar-refractivity contribution in [3.8, 4) is 0 Å². The third kappa shape index (κ3) is 3.12. The third-order valence-corrected chi connectivity index (χ3v) is 4.42. The molecule has 1 aromatic rings. The average Bonchev–Trinajstić information content (AvgIpc) is 2.81. The first kappa shape index (κ1) is 13.6. The van der Waals surface area contributed by atoms with Crippen LogP contribution in [0.25, 0.3) is 0 Å². The number of hydrogen-bond donors (Lipinski definition) is 1. The molecule has 1 fully saturated rings. The molecular weight excluding hydrogens is 244 g/mol. The quantitative estimate of drug-likeness (QED) is 0.909. The molecule has 2 atom stereocenters. The van der Waals surface area contributed by atoms with Crippen LogP contribution in [0.15, 0.2) is 17.5 Å². The van der Waals surface area contributed by atoms with Crippen LogP contribution in [0.2, 0.25) is 0 Å². The fourth-order valence-electron chi connectivity index (χ4n) is 2.47. The molecule has 0 spiro atoms. The molecular formula is C14H22N2OS. The van der Waals surface area contributed by atoms with E-state index in [9.17, 15) is 4.79 Å². The van der Waals surface area contributed by atoms with E-state index in [0.29, 0.717) is 24.4 Å². The predicted molar refractivity (Wildman–Crippen MR) is 75.8 cm³/mol. The molecule has 4 heteroatoms. The van der Waals surface area contributed by atoms with Gasteiger partial charge in [0.25, 0.3) is 0 Å². The fraction of sp³-hybridized carbons (Fsp3) is 0.643. The second kappa shape index (κ2) is 5.85. The maximum atomic E-state index is 12.4. The summed E-state index contributed by atoms with van der Waals surface area (Å²) in [7, 11) is 0. The van der Waals surface area contributed by atoms with E-state index in [1.165, 1.54) is 0 Å². The molecule has 100 valence electrons. The Hall–Kier alpha value is -0.870. The van der Waals surface area contributed by atoms with E-state index in [1.807, 2.05) is 17.5 Å². The Bertz CT molecular complexity index is 389. The van der Waals surface area contributed by atoms with Gasteiger partial charge in [0.1, 0.15) is 0 Å². The molecule has 1 aliphatic heterocycles. The van der Waals surface area contributed by atoms with Gasteiger partial charge in [0.05, 0.1) is 6.42 Å². The van der Waals surface area contributed by atoms with Gasteiger partial charge in [0.15, 0.2) is 0 Å². The molecule has 0 radical (unpaired) electrons. The standard InChI is InChI=1S/C14H22N2OS/c1-10(2)13-8-15-11(3)9-16(13)14(17)7-12-5-4-6-18-12/h4-6,10-11,13,15H,7-9H2,1-3H3. The van der Waals surface area contributed by atoms with Gasteiger partial charge in [-0.2, -0.15) is 0 Å². The number of thiophene rings is 1. The Balaban J connectivity index is 2.05. The van der Waals surface area contributed by atoms with Gasteiger partial charge in [-0.1, -0.05) is 19.9 Å². The first-order chi connectivity index (χ1) is 8.58. The number of carbonyl (C=O) groups is 1. The summed E-state index contributed by atoms with van der Waals surface area (Å²) in [4.78, 5) is 15.7.